The fraction of sp³-hybridized carbons (Fsp3) is 0.529. The fourth-order valence-corrected chi connectivity index (χ4v) is 1.60. The minimum Gasteiger partial charge on any atom is -0.382 e. The summed E-state index contributed by atoms with van der Waals surface area (Å²) in [4.78, 5) is 0. The van der Waals surface area contributed by atoms with Crippen LogP contribution in [-0.2, 0) is 4.74 Å². The molecular formula is C17H28O. The lowest BCUT2D eigenvalue weighted by molar-refractivity contribution is 0.143. The average Bonchev–Trinajstić information content (AvgIpc) is 2.40. The summed E-state index contributed by atoms with van der Waals surface area (Å²) in [7, 11) is 0. The summed E-state index contributed by atoms with van der Waals surface area (Å²) in [6.07, 6.45) is 7.96. The predicted octanol–water partition coefficient (Wildman–Crippen LogP) is 5.24. The van der Waals surface area contributed by atoms with Gasteiger partial charge in [-0.15, -0.1) is 0 Å². The maximum absolute atomic E-state index is 5.29. The first-order chi connectivity index (χ1) is 8.83. The van der Waals surface area contributed by atoms with Crippen molar-refractivity contribution in [3.8, 4) is 0 Å². The monoisotopic (exact) mass is 248 g/mol. The molecule has 0 amide bonds. The SMILES string of the molecule is CC.CCOCCCC/C=C/c1cccc(C)c1. The first-order valence-corrected chi connectivity index (χ1v) is 7.14. The van der Waals surface area contributed by atoms with Gasteiger partial charge in [0.15, 0.2) is 0 Å². The van der Waals surface area contributed by atoms with E-state index in [-0.39, 0.29) is 0 Å². The summed E-state index contributed by atoms with van der Waals surface area (Å²) in [5.74, 6) is 0. The van der Waals surface area contributed by atoms with E-state index in [1.54, 1.807) is 0 Å². The van der Waals surface area contributed by atoms with E-state index in [0.717, 1.165) is 26.1 Å². The lowest BCUT2D eigenvalue weighted by atomic mass is 10.1. The van der Waals surface area contributed by atoms with Crippen LogP contribution >= 0.6 is 0 Å². The molecular weight excluding hydrogens is 220 g/mol. The molecule has 1 rings (SSSR count). The van der Waals surface area contributed by atoms with E-state index in [1.807, 2.05) is 20.8 Å². The van der Waals surface area contributed by atoms with Crippen LogP contribution in [0.25, 0.3) is 6.08 Å². The van der Waals surface area contributed by atoms with Crippen LogP contribution in [0, 0.1) is 6.92 Å². The van der Waals surface area contributed by atoms with Crippen molar-refractivity contribution >= 4 is 6.08 Å². The lowest BCUT2D eigenvalue weighted by Crippen LogP contribution is -1.92. The average molecular weight is 248 g/mol. The Bertz CT molecular complexity index is 315. The van der Waals surface area contributed by atoms with E-state index in [0.29, 0.717) is 0 Å². The molecule has 102 valence electrons. The summed E-state index contributed by atoms with van der Waals surface area (Å²) < 4.78 is 5.29. The molecule has 0 aliphatic carbocycles. The van der Waals surface area contributed by atoms with Crippen LogP contribution in [0.3, 0.4) is 0 Å². The zero-order valence-electron chi connectivity index (χ0n) is 12.4. The standard InChI is InChI=1S/C15H22O.C2H6/c1-3-16-12-7-5-4-6-10-15-11-8-9-14(2)13-15;1-2/h6,8-11,13H,3-5,7,12H2,1-2H3;1-2H3/b10-6+;. The third kappa shape index (κ3) is 9.00. The normalized spacial score (nSPS) is 10.2. The third-order valence-electron chi connectivity index (χ3n) is 2.47. The third-order valence-corrected chi connectivity index (χ3v) is 2.47. The van der Waals surface area contributed by atoms with E-state index in [4.69, 9.17) is 4.74 Å². The van der Waals surface area contributed by atoms with E-state index >= 15 is 0 Å². The summed E-state index contributed by atoms with van der Waals surface area (Å²) >= 11 is 0. The van der Waals surface area contributed by atoms with Crippen molar-refractivity contribution in [1.82, 2.24) is 0 Å². The molecule has 0 heterocycles. The molecule has 1 aromatic rings. The Hall–Kier alpha value is -1.08. The Labute approximate surface area is 113 Å². The molecule has 0 N–H and O–H groups in total. The molecule has 0 spiro atoms. The largest absolute Gasteiger partial charge is 0.382 e. The zero-order valence-corrected chi connectivity index (χ0v) is 12.4. The molecule has 0 saturated heterocycles. The topological polar surface area (TPSA) is 9.23 Å². The smallest absolute Gasteiger partial charge is 0.0466 e. The van der Waals surface area contributed by atoms with Crippen molar-refractivity contribution in [3.63, 3.8) is 0 Å². The van der Waals surface area contributed by atoms with Crippen LogP contribution in [0.1, 0.15) is 51.2 Å². The molecule has 1 heteroatoms. The molecule has 18 heavy (non-hydrogen) atoms. The lowest BCUT2D eigenvalue weighted by Gasteiger charge is -1.99. The number of hydrogen-bond donors (Lipinski definition) is 0. The summed E-state index contributed by atoms with van der Waals surface area (Å²) in [6, 6.07) is 8.57. The molecule has 0 atom stereocenters. The number of ether oxygens (including phenoxy) is 1. The Morgan fingerprint density at radius 3 is 2.61 bits per heavy atom. The first-order valence-electron chi connectivity index (χ1n) is 7.14. The van der Waals surface area contributed by atoms with Crippen molar-refractivity contribution in [1.29, 1.82) is 0 Å². The second-order valence-electron chi connectivity index (χ2n) is 4.01. The maximum Gasteiger partial charge on any atom is 0.0466 e. The van der Waals surface area contributed by atoms with Crippen molar-refractivity contribution in [2.24, 2.45) is 0 Å². The van der Waals surface area contributed by atoms with Gasteiger partial charge in [-0.25, -0.2) is 0 Å². The molecule has 1 nitrogen and oxygen atoms in total. The summed E-state index contributed by atoms with van der Waals surface area (Å²) in [5, 5.41) is 0. The van der Waals surface area contributed by atoms with E-state index < -0.39 is 0 Å². The molecule has 0 saturated carbocycles. The van der Waals surface area contributed by atoms with Gasteiger partial charge in [-0.3, -0.25) is 0 Å². The fourth-order valence-electron chi connectivity index (χ4n) is 1.60. The number of aryl methyl sites for hydroxylation is 1. The first kappa shape index (κ1) is 16.9. The molecule has 0 aromatic heterocycles. The van der Waals surface area contributed by atoms with Crippen LogP contribution < -0.4 is 0 Å². The quantitative estimate of drug-likeness (QED) is 0.599. The highest BCUT2D eigenvalue weighted by Gasteiger charge is 1.88. The number of hydrogen-bond acceptors (Lipinski definition) is 1. The van der Waals surface area contributed by atoms with Crippen molar-refractivity contribution < 1.29 is 4.74 Å². The van der Waals surface area contributed by atoms with Gasteiger partial charge in [-0.2, -0.15) is 0 Å². The van der Waals surface area contributed by atoms with Crippen molar-refractivity contribution in [2.45, 2.75) is 47.0 Å². The van der Waals surface area contributed by atoms with Crippen molar-refractivity contribution in [2.75, 3.05) is 13.2 Å². The van der Waals surface area contributed by atoms with Crippen LogP contribution in [-0.4, -0.2) is 13.2 Å². The van der Waals surface area contributed by atoms with Crippen LogP contribution in [0.2, 0.25) is 0 Å². The highest BCUT2D eigenvalue weighted by molar-refractivity contribution is 5.49. The van der Waals surface area contributed by atoms with Crippen LogP contribution in [0.4, 0.5) is 0 Å². The van der Waals surface area contributed by atoms with Gasteiger partial charge in [0.2, 0.25) is 0 Å². The van der Waals surface area contributed by atoms with Gasteiger partial charge in [0, 0.05) is 13.2 Å². The molecule has 0 bridgehead atoms. The molecule has 0 fully saturated rings. The molecule has 0 aliphatic rings. The summed E-state index contributed by atoms with van der Waals surface area (Å²) in [6.45, 7) is 9.89. The highest BCUT2D eigenvalue weighted by atomic mass is 16.5. The molecule has 0 radical (unpaired) electrons. The van der Waals surface area contributed by atoms with Gasteiger partial charge >= 0.3 is 0 Å². The van der Waals surface area contributed by atoms with Gasteiger partial charge in [-0.1, -0.05) is 55.8 Å². The second-order valence-corrected chi connectivity index (χ2v) is 4.01. The maximum atomic E-state index is 5.29. The number of benzene rings is 1. The van der Waals surface area contributed by atoms with Crippen molar-refractivity contribution in [3.05, 3.63) is 41.5 Å². The van der Waals surface area contributed by atoms with E-state index in [2.05, 4.69) is 43.3 Å². The zero-order chi connectivity index (χ0) is 13.6. The van der Waals surface area contributed by atoms with Crippen LogP contribution in [0.5, 0.6) is 0 Å². The molecule has 0 aliphatic heterocycles. The Balaban J connectivity index is 0.00000137. The van der Waals surface area contributed by atoms with Gasteiger partial charge < -0.3 is 4.74 Å². The minimum atomic E-state index is 0.832. The van der Waals surface area contributed by atoms with Gasteiger partial charge in [0.25, 0.3) is 0 Å². The number of unbranched alkanes of at least 4 members (excludes halogenated alkanes) is 2. The Morgan fingerprint density at radius 2 is 1.94 bits per heavy atom. The number of rotatable bonds is 7. The van der Waals surface area contributed by atoms with Gasteiger partial charge in [0.05, 0.1) is 0 Å². The number of allylic oxidation sites excluding steroid dienone is 1. The predicted molar refractivity (Wildman–Crippen MR) is 81.9 cm³/mol. The molecule has 1 aromatic carbocycles. The molecule has 0 unspecified atom stereocenters. The van der Waals surface area contributed by atoms with Crippen LogP contribution in [0.15, 0.2) is 30.3 Å². The van der Waals surface area contributed by atoms with E-state index in [1.165, 1.54) is 17.5 Å². The van der Waals surface area contributed by atoms with Gasteiger partial charge in [-0.05, 0) is 38.7 Å². The minimum absolute atomic E-state index is 0.832. The summed E-state index contributed by atoms with van der Waals surface area (Å²) in [5.41, 5.74) is 2.61. The highest BCUT2D eigenvalue weighted by Crippen LogP contribution is 2.07. The second kappa shape index (κ2) is 12.4. The Kier molecular flexibility index (Phi) is 11.6. The van der Waals surface area contributed by atoms with E-state index in [9.17, 15) is 0 Å². The Morgan fingerprint density at radius 1 is 1.17 bits per heavy atom. The van der Waals surface area contributed by atoms with Gasteiger partial charge in [0.1, 0.15) is 0 Å².